The van der Waals surface area contributed by atoms with Crippen LogP contribution in [0.15, 0.2) is 24.3 Å². The monoisotopic (exact) mass is 295 g/mol. The number of anilines is 1. The summed E-state index contributed by atoms with van der Waals surface area (Å²) in [5.74, 6) is 0. The van der Waals surface area contributed by atoms with E-state index in [1.165, 1.54) is 0 Å². The molecule has 1 saturated heterocycles. The number of rotatable bonds is 3. The lowest BCUT2D eigenvalue weighted by Crippen LogP contribution is -2.52. The first kappa shape index (κ1) is 15.0. The maximum absolute atomic E-state index is 12.3. The Labute approximate surface area is 125 Å². The molecule has 0 spiro atoms. The zero-order chi connectivity index (χ0) is 14.5. The molecule has 0 aromatic heterocycles. The van der Waals surface area contributed by atoms with Gasteiger partial charge >= 0.3 is 6.03 Å². The normalized spacial score (nSPS) is 15.3. The SMILES string of the molecule is CCN(CC)C(=O)N1CCN(c2cccc(Cl)c2)CC1. The number of hydrogen-bond acceptors (Lipinski definition) is 2. The third kappa shape index (κ3) is 3.37. The molecule has 1 aromatic rings. The highest BCUT2D eigenvalue weighted by molar-refractivity contribution is 6.30. The molecular formula is C15H22ClN3O. The van der Waals surface area contributed by atoms with Crippen molar-refractivity contribution in [3.05, 3.63) is 29.3 Å². The van der Waals surface area contributed by atoms with E-state index >= 15 is 0 Å². The van der Waals surface area contributed by atoms with Gasteiger partial charge in [0, 0.05) is 50.0 Å². The van der Waals surface area contributed by atoms with Crippen molar-refractivity contribution in [3.63, 3.8) is 0 Å². The minimum absolute atomic E-state index is 0.153. The molecular weight excluding hydrogens is 274 g/mol. The van der Waals surface area contributed by atoms with Crippen LogP contribution in [0.1, 0.15) is 13.8 Å². The van der Waals surface area contributed by atoms with Crippen molar-refractivity contribution in [1.82, 2.24) is 9.80 Å². The molecule has 0 saturated carbocycles. The number of carbonyl (C=O) groups excluding carboxylic acids is 1. The molecule has 1 fully saturated rings. The molecule has 0 radical (unpaired) electrons. The van der Waals surface area contributed by atoms with Gasteiger partial charge in [0.25, 0.3) is 0 Å². The van der Waals surface area contributed by atoms with Crippen molar-refractivity contribution in [2.24, 2.45) is 0 Å². The maximum atomic E-state index is 12.3. The van der Waals surface area contributed by atoms with Crippen molar-refractivity contribution >= 4 is 23.3 Å². The summed E-state index contributed by atoms with van der Waals surface area (Å²) in [5.41, 5.74) is 1.13. The lowest BCUT2D eigenvalue weighted by Gasteiger charge is -2.38. The molecule has 1 heterocycles. The molecule has 4 nitrogen and oxygen atoms in total. The Morgan fingerprint density at radius 1 is 1.20 bits per heavy atom. The molecule has 5 heteroatoms. The molecule has 2 amide bonds. The van der Waals surface area contributed by atoms with Crippen molar-refractivity contribution in [3.8, 4) is 0 Å². The van der Waals surface area contributed by atoms with E-state index in [1.54, 1.807) is 0 Å². The second kappa shape index (κ2) is 6.84. The Kier molecular flexibility index (Phi) is 5.12. The van der Waals surface area contributed by atoms with E-state index in [0.29, 0.717) is 0 Å². The Morgan fingerprint density at radius 3 is 2.40 bits per heavy atom. The van der Waals surface area contributed by atoms with E-state index in [0.717, 1.165) is 50.0 Å². The van der Waals surface area contributed by atoms with Crippen LogP contribution in [0, 0.1) is 0 Å². The second-order valence-corrected chi connectivity index (χ2v) is 5.35. The molecule has 1 aliphatic rings. The van der Waals surface area contributed by atoms with Gasteiger partial charge in [-0.3, -0.25) is 0 Å². The van der Waals surface area contributed by atoms with Gasteiger partial charge in [-0.15, -0.1) is 0 Å². The Morgan fingerprint density at radius 2 is 1.85 bits per heavy atom. The number of hydrogen-bond donors (Lipinski definition) is 0. The smallest absolute Gasteiger partial charge is 0.320 e. The summed E-state index contributed by atoms with van der Waals surface area (Å²) in [5, 5.41) is 0.754. The van der Waals surface area contributed by atoms with Gasteiger partial charge in [-0.1, -0.05) is 17.7 Å². The van der Waals surface area contributed by atoms with Gasteiger partial charge in [-0.05, 0) is 32.0 Å². The minimum atomic E-state index is 0.153. The van der Waals surface area contributed by atoms with Crippen LogP contribution in [-0.4, -0.2) is 55.1 Å². The number of nitrogens with zero attached hydrogens (tertiary/aromatic N) is 3. The van der Waals surface area contributed by atoms with Crippen molar-refractivity contribution in [1.29, 1.82) is 0 Å². The van der Waals surface area contributed by atoms with E-state index in [2.05, 4.69) is 11.0 Å². The van der Waals surface area contributed by atoms with Crippen LogP contribution in [0.3, 0.4) is 0 Å². The lowest BCUT2D eigenvalue weighted by molar-refractivity contribution is 0.154. The number of carbonyl (C=O) groups is 1. The quantitative estimate of drug-likeness (QED) is 0.857. The standard InChI is InChI=1S/C15H22ClN3O/c1-3-17(4-2)15(20)19-10-8-18(9-11-19)14-7-5-6-13(16)12-14/h5-7,12H,3-4,8-11H2,1-2H3. The zero-order valence-electron chi connectivity index (χ0n) is 12.2. The first-order valence-electron chi connectivity index (χ1n) is 7.20. The molecule has 0 N–H and O–H groups in total. The van der Waals surface area contributed by atoms with E-state index in [4.69, 9.17) is 11.6 Å². The van der Waals surface area contributed by atoms with Crippen LogP contribution in [0.25, 0.3) is 0 Å². The Bertz CT molecular complexity index is 454. The van der Waals surface area contributed by atoms with Gasteiger partial charge in [0.15, 0.2) is 0 Å². The average molecular weight is 296 g/mol. The fourth-order valence-electron chi connectivity index (χ4n) is 2.52. The molecule has 1 aromatic carbocycles. The van der Waals surface area contributed by atoms with Crippen LogP contribution in [0.2, 0.25) is 5.02 Å². The summed E-state index contributed by atoms with van der Waals surface area (Å²) in [6.07, 6.45) is 0. The molecule has 2 rings (SSSR count). The highest BCUT2D eigenvalue weighted by Crippen LogP contribution is 2.21. The van der Waals surface area contributed by atoms with Gasteiger partial charge < -0.3 is 14.7 Å². The van der Waals surface area contributed by atoms with Crippen molar-refractivity contribution < 1.29 is 4.79 Å². The van der Waals surface area contributed by atoms with Crippen LogP contribution in [0.4, 0.5) is 10.5 Å². The first-order chi connectivity index (χ1) is 9.65. The Balaban J connectivity index is 1.94. The maximum Gasteiger partial charge on any atom is 0.320 e. The fraction of sp³-hybridized carbons (Fsp3) is 0.533. The van der Waals surface area contributed by atoms with E-state index in [9.17, 15) is 4.79 Å². The lowest BCUT2D eigenvalue weighted by atomic mass is 10.2. The first-order valence-corrected chi connectivity index (χ1v) is 7.57. The molecule has 1 aliphatic heterocycles. The van der Waals surface area contributed by atoms with Crippen molar-refractivity contribution in [2.75, 3.05) is 44.2 Å². The number of piperazine rings is 1. The third-order valence-electron chi connectivity index (χ3n) is 3.76. The van der Waals surface area contributed by atoms with Gasteiger partial charge in [0.2, 0.25) is 0 Å². The van der Waals surface area contributed by atoms with Crippen LogP contribution >= 0.6 is 11.6 Å². The van der Waals surface area contributed by atoms with Crippen LogP contribution < -0.4 is 4.90 Å². The minimum Gasteiger partial charge on any atom is -0.368 e. The summed E-state index contributed by atoms with van der Waals surface area (Å²) >= 11 is 6.02. The fourth-order valence-corrected chi connectivity index (χ4v) is 2.71. The second-order valence-electron chi connectivity index (χ2n) is 4.91. The van der Waals surface area contributed by atoms with Crippen molar-refractivity contribution in [2.45, 2.75) is 13.8 Å². The third-order valence-corrected chi connectivity index (χ3v) is 3.99. The van der Waals surface area contributed by atoms with E-state index in [1.807, 2.05) is 41.8 Å². The largest absolute Gasteiger partial charge is 0.368 e. The van der Waals surface area contributed by atoms with E-state index < -0.39 is 0 Å². The Hall–Kier alpha value is -1.42. The van der Waals surface area contributed by atoms with Gasteiger partial charge in [0.05, 0.1) is 0 Å². The van der Waals surface area contributed by atoms with Gasteiger partial charge in [-0.25, -0.2) is 4.79 Å². The number of benzene rings is 1. The highest BCUT2D eigenvalue weighted by atomic mass is 35.5. The van der Waals surface area contributed by atoms with Gasteiger partial charge in [0.1, 0.15) is 0 Å². The predicted molar refractivity (Wildman–Crippen MR) is 83.6 cm³/mol. The molecule has 0 aliphatic carbocycles. The highest BCUT2D eigenvalue weighted by Gasteiger charge is 2.23. The van der Waals surface area contributed by atoms with Crippen LogP contribution in [0.5, 0.6) is 0 Å². The average Bonchev–Trinajstić information content (AvgIpc) is 2.48. The van der Waals surface area contributed by atoms with Gasteiger partial charge in [-0.2, -0.15) is 0 Å². The summed E-state index contributed by atoms with van der Waals surface area (Å²) < 4.78 is 0. The van der Waals surface area contributed by atoms with Crippen LogP contribution in [-0.2, 0) is 0 Å². The molecule has 0 bridgehead atoms. The molecule has 20 heavy (non-hydrogen) atoms. The summed E-state index contributed by atoms with van der Waals surface area (Å²) in [6.45, 7) is 8.81. The predicted octanol–water partition coefficient (Wildman–Crippen LogP) is 2.92. The summed E-state index contributed by atoms with van der Waals surface area (Å²) in [4.78, 5) is 18.4. The van der Waals surface area contributed by atoms with E-state index in [-0.39, 0.29) is 6.03 Å². The number of amides is 2. The molecule has 0 atom stereocenters. The number of urea groups is 1. The number of halogens is 1. The summed E-state index contributed by atoms with van der Waals surface area (Å²) in [6, 6.07) is 8.04. The summed E-state index contributed by atoms with van der Waals surface area (Å²) in [7, 11) is 0. The molecule has 0 unspecified atom stereocenters. The zero-order valence-corrected chi connectivity index (χ0v) is 12.9. The molecule has 110 valence electrons. The topological polar surface area (TPSA) is 26.8 Å².